The monoisotopic (exact) mass is 462 g/mol. The van der Waals surface area contributed by atoms with E-state index in [1.165, 1.54) is 0 Å². The minimum Gasteiger partial charge on any atom is -0.452 e. The van der Waals surface area contributed by atoms with Gasteiger partial charge in [0.05, 0.1) is 12.0 Å². The van der Waals surface area contributed by atoms with Crippen LogP contribution >= 0.6 is 0 Å². The zero-order valence-electron chi connectivity index (χ0n) is 20.0. The lowest BCUT2D eigenvalue weighted by Crippen LogP contribution is -2.42. The topological polar surface area (TPSA) is 75.7 Å². The largest absolute Gasteiger partial charge is 0.452 e. The van der Waals surface area contributed by atoms with Crippen LogP contribution < -0.4 is 5.32 Å². The van der Waals surface area contributed by atoms with Crippen molar-refractivity contribution >= 4 is 23.9 Å². The number of hydrogen-bond donors (Lipinski definition) is 1. The van der Waals surface area contributed by atoms with Gasteiger partial charge in [0.15, 0.2) is 6.10 Å². The molecule has 1 fully saturated rings. The standard InChI is InChI=1S/C28H34N2O4/c1-3-10-25(23-13-8-5-9-14-23)29-27(32)21(2)34-28(33)24-17-19-30(20-18-24)26(31)16-15-22-11-6-4-7-12-22/h4-9,11-16,21,24-25H,3,10,17-20H2,1-2H3,(H,29,32)/b16-15+. The summed E-state index contributed by atoms with van der Waals surface area (Å²) in [5, 5.41) is 3.02. The van der Waals surface area contributed by atoms with Crippen LogP contribution in [0, 0.1) is 5.92 Å². The molecule has 2 atom stereocenters. The maximum absolute atomic E-state index is 12.7. The van der Waals surface area contributed by atoms with Crippen molar-refractivity contribution in [2.24, 2.45) is 5.92 Å². The minimum absolute atomic E-state index is 0.0636. The highest BCUT2D eigenvalue weighted by Crippen LogP contribution is 2.21. The Morgan fingerprint density at radius 3 is 2.26 bits per heavy atom. The predicted molar refractivity (Wildman–Crippen MR) is 133 cm³/mol. The van der Waals surface area contributed by atoms with Crippen molar-refractivity contribution in [3.05, 3.63) is 77.9 Å². The fraction of sp³-hybridized carbons (Fsp3) is 0.393. The molecule has 2 amide bonds. The molecular weight excluding hydrogens is 428 g/mol. The highest BCUT2D eigenvalue weighted by atomic mass is 16.5. The summed E-state index contributed by atoms with van der Waals surface area (Å²) < 4.78 is 5.50. The van der Waals surface area contributed by atoms with Crippen molar-refractivity contribution in [2.75, 3.05) is 13.1 Å². The number of amides is 2. The van der Waals surface area contributed by atoms with E-state index in [9.17, 15) is 14.4 Å². The summed E-state index contributed by atoms with van der Waals surface area (Å²) in [6, 6.07) is 19.4. The average molecular weight is 463 g/mol. The third-order valence-corrected chi connectivity index (χ3v) is 6.12. The number of rotatable bonds is 9. The van der Waals surface area contributed by atoms with Gasteiger partial charge in [-0.25, -0.2) is 0 Å². The van der Waals surface area contributed by atoms with Gasteiger partial charge < -0.3 is 15.0 Å². The van der Waals surface area contributed by atoms with Crippen molar-refractivity contribution in [1.82, 2.24) is 10.2 Å². The second-order valence-corrected chi connectivity index (χ2v) is 8.68. The first-order valence-electron chi connectivity index (χ1n) is 12.1. The van der Waals surface area contributed by atoms with Gasteiger partial charge in [0.2, 0.25) is 5.91 Å². The van der Waals surface area contributed by atoms with Crippen LogP contribution in [-0.4, -0.2) is 41.9 Å². The molecule has 0 aromatic heterocycles. The molecule has 3 rings (SSSR count). The molecule has 180 valence electrons. The SMILES string of the molecule is CCCC(NC(=O)C(C)OC(=O)C1CCN(C(=O)/C=C/c2ccccc2)CC1)c1ccccc1. The molecule has 1 N–H and O–H groups in total. The third kappa shape index (κ3) is 7.30. The number of benzene rings is 2. The average Bonchev–Trinajstić information content (AvgIpc) is 2.88. The van der Waals surface area contributed by atoms with Crippen molar-refractivity contribution in [3.8, 4) is 0 Å². The first kappa shape index (κ1) is 25.2. The van der Waals surface area contributed by atoms with Crippen LogP contribution in [0.25, 0.3) is 6.08 Å². The second-order valence-electron chi connectivity index (χ2n) is 8.68. The highest BCUT2D eigenvalue weighted by Gasteiger charge is 2.30. The lowest BCUT2D eigenvalue weighted by molar-refractivity contribution is -0.160. The van der Waals surface area contributed by atoms with E-state index < -0.39 is 6.10 Å². The number of likely N-dealkylation sites (tertiary alicyclic amines) is 1. The number of carbonyl (C=O) groups is 3. The molecule has 0 radical (unpaired) electrons. The highest BCUT2D eigenvalue weighted by molar-refractivity contribution is 5.92. The fourth-order valence-corrected chi connectivity index (χ4v) is 4.08. The molecule has 1 heterocycles. The van der Waals surface area contributed by atoms with Crippen molar-refractivity contribution in [2.45, 2.75) is 51.7 Å². The molecule has 2 unspecified atom stereocenters. The molecule has 0 bridgehead atoms. The van der Waals surface area contributed by atoms with Gasteiger partial charge in [-0.3, -0.25) is 14.4 Å². The number of hydrogen-bond acceptors (Lipinski definition) is 4. The Labute approximate surface area is 202 Å². The van der Waals surface area contributed by atoms with Crippen molar-refractivity contribution in [3.63, 3.8) is 0 Å². The normalized spacial score (nSPS) is 16.1. The first-order valence-corrected chi connectivity index (χ1v) is 12.1. The summed E-state index contributed by atoms with van der Waals surface area (Å²) in [5.74, 6) is -1.04. The van der Waals surface area contributed by atoms with Gasteiger partial charge in [0, 0.05) is 19.2 Å². The van der Waals surface area contributed by atoms with Crippen LogP contribution in [0.3, 0.4) is 0 Å². The van der Waals surface area contributed by atoms with Crippen LogP contribution in [0.4, 0.5) is 0 Å². The summed E-state index contributed by atoms with van der Waals surface area (Å²) >= 11 is 0. The summed E-state index contributed by atoms with van der Waals surface area (Å²) in [6.07, 6.45) is 5.28. The van der Waals surface area contributed by atoms with Crippen molar-refractivity contribution in [1.29, 1.82) is 0 Å². The number of carbonyl (C=O) groups excluding carboxylic acids is 3. The third-order valence-electron chi connectivity index (χ3n) is 6.12. The Bertz CT molecular complexity index is 966. The molecule has 1 saturated heterocycles. The van der Waals surface area contributed by atoms with Gasteiger partial charge in [-0.2, -0.15) is 0 Å². The summed E-state index contributed by atoms with van der Waals surface area (Å²) in [6.45, 7) is 4.66. The summed E-state index contributed by atoms with van der Waals surface area (Å²) in [7, 11) is 0. The minimum atomic E-state index is -0.871. The van der Waals surface area contributed by atoms with E-state index in [0.717, 1.165) is 24.0 Å². The van der Waals surface area contributed by atoms with E-state index in [1.807, 2.05) is 60.7 Å². The Kier molecular flexibility index (Phi) is 9.44. The van der Waals surface area contributed by atoms with Gasteiger partial charge in [-0.15, -0.1) is 0 Å². The van der Waals surface area contributed by atoms with Crippen LogP contribution in [-0.2, 0) is 19.1 Å². The zero-order chi connectivity index (χ0) is 24.3. The Hall–Kier alpha value is -3.41. The zero-order valence-corrected chi connectivity index (χ0v) is 20.0. The molecule has 1 aliphatic rings. The predicted octanol–water partition coefficient (Wildman–Crippen LogP) is 4.53. The lowest BCUT2D eigenvalue weighted by atomic mass is 9.97. The number of esters is 1. The quantitative estimate of drug-likeness (QED) is 0.439. The van der Waals surface area contributed by atoms with Crippen LogP contribution in [0.1, 0.15) is 56.7 Å². The number of nitrogens with zero attached hydrogens (tertiary/aromatic N) is 1. The van der Waals surface area contributed by atoms with E-state index in [4.69, 9.17) is 4.74 Å². The Morgan fingerprint density at radius 2 is 1.65 bits per heavy atom. The maximum atomic E-state index is 12.7. The van der Waals surface area contributed by atoms with E-state index >= 15 is 0 Å². The fourth-order valence-electron chi connectivity index (χ4n) is 4.08. The van der Waals surface area contributed by atoms with Gasteiger partial charge in [0.1, 0.15) is 0 Å². The molecule has 2 aromatic carbocycles. The number of ether oxygens (including phenoxy) is 1. The van der Waals surface area contributed by atoms with E-state index in [-0.39, 0.29) is 29.7 Å². The van der Waals surface area contributed by atoms with E-state index in [0.29, 0.717) is 25.9 Å². The van der Waals surface area contributed by atoms with Gasteiger partial charge in [0.25, 0.3) is 5.91 Å². The van der Waals surface area contributed by atoms with Gasteiger partial charge in [-0.1, -0.05) is 74.0 Å². The lowest BCUT2D eigenvalue weighted by Gasteiger charge is -2.30. The molecule has 0 aliphatic carbocycles. The molecule has 6 heteroatoms. The Balaban J connectivity index is 1.46. The molecule has 0 saturated carbocycles. The maximum Gasteiger partial charge on any atom is 0.309 e. The molecule has 0 spiro atoms. The molecule has 2 aromatic rings. The van der Waals surface area contributed by atoms with E-state index in [1.54, 1.807) is 24.0 Å². The van der Waals surface area contributed by atoms with Crippen LogP contribution in [0.15, 0.2) is 66.7 Å². The summed E-state index contributed by atoms with van der Waals surface area (Å²) in [4.78, 5) is 39.6. The van der Waals surface area contributed by atoms with Crippen molar-refractivity contribution < 1.29 is 19.1 Å². The van der Waals surface area contributed by atoms with Gasteiger partial charge >= 0.3 is 5.97 Å². The molecule has 1 aliphatic heterocycles. The second kappa shape index (κ2) is 12.7. The number of piperidine rings is 1. The van der Waals surface area contributed by atoms with Gasteiger partial charge in [-0.05, 0) is 43.4 Å². The Morgan fingerprint density at radius 1 is 1.03 bits per heavy atom. The first-order chi connectivity index (χ1) is 16.5. The van der Waals surface area contributed by atoms with Crippen LogP contribution in [0.5, 0.6) is 0 Å². The number of nitrogens with one attached hydrogen (secondary N) is 1. The smallest absolute Gasteiger partial charge is 0.309 e. The molecular formula is C28H34N2O4. The molecule has 34 heavy (non-hydrogen) atoms. The molecule has 6 nitrogen and oxygen atoms in total. The van der Waals surface area contributed by atoms with E-state index in [2.05, 4.69) is 12.2 Å². The summed E-state index contributed by atoms with van der Waals surface area (Å²) in [5.41, 5.74) is 2.00. The van der Waals surface area contributed by atoms with Crippen LogP contribution in [0.2, 0.25) is 0 Å².